The molecule has 6 nitrogen and oxygen atoms in total. The monoisotopic (exact) mass is 389 g/mol. The summed E-state index contributed by atoms with van der Waals surface area (Å²) in [6.45, 7) is 4.76. The van der Waals surface area contributed by atoms with Crippen molar-refractivity contribution in [2.75, 3.05) is 11.9 Å². The largest absolute Gasteiger partial charge is 0.467 e. The summed E-state index contributed by atoms with van der Waals surface area (Å²) in [5.41, 5.74) is 2.14. The first-order valence-corrected chi connectivity index (χ1v) is 9.27. The van der Waals surface area contributed by atoms with Gasteiger partial charge in [-0.05, 0) is 42.0 Å². The molecule has 3 aromatic rings. The van der Waals surface area contributed by atoms with Crippen molar-refractivity contribution < 1.29 is 14.0 Å². The summed E-state index contributed by atoms with van der Waals surface area (Å²) in [6.07, 6.45) is 3.21. The van der Waals surface area contributed by atoms with E-state index in [1.807, 2.05) is 36.4 Å². The molecule has 29 heavy (non-hydrogen) atoms. The summed E-state index contributed by atoms with van der Waals surface area (Å²) < 4.78 is 5.40. The van der Waals surface area contributed by atoms with Crippen LogP contribution in [0, 0.1) is 0 Å². The summed E-state index contributed by atoms with van der Waals surface area (Å²) in [5.74, 6) is 0.511. The van der Waals surface area contributed by atoms with E-state index in [1.165, 1.54) is 0 Å². The van der Waals surface area contributed by atoms with E-state index >= 15 is 0 Å². The number of rotatable bonds is 8. The van der Waals surface area contributed by atoms with E-state index in [0.29, 0.717) is 36.6 Å². The number of urea groups is 1. The Morgan fingerprint density at radius 2 is 1.72 bits per heavy atom. The van der Waals surface area contributed by atoms with Crippen molar-refractivity contribution in [3.05, 3.63) is 103 Å². The van der Waals surface area contributed by atoms with Crippen LogP contribution in [0.25, 0.3) is 0 Å². The van der Waals surface area contributed by atoms with Gasteiger partial charge in [0, 0.05) is 24.3 Å². The zero-order valence-corrected chi connectivity index (χ0v) is 16.0. The second-order valence-electron chi connectivity index (χ2n) is 6.43. The minimum atomic E-state index is -0.255. The molecule has 2 aromatic carbocycles. The molecule has 6 heteroatoms. The minimum Gasteiger partial charge on any atom is -0.467 e. The molecule has 1 aromatic heterocycles. The molecule has 0 aliphatic carbocycles. The molecular weight excluding hydrogens is 366 g/mol. The maximum absolute atomic E-state index is 12.9. The molecule has 3 amide bonds. The van der Waals surface area contributed by atoms with E-state index in [9.17, 15) is 9.59 Å². The summed E-state index contributed by atoms with van der Waals surface area (Å²) >= 11 is 0. The van der Waals surface area contributed by atoms with Crippen molar-refractivity contribution in [1.82, 2.24) is 10.2 Å². The van der Waals surface area contributed by atoms with Crippen LogP contribution in [0.3, 0.4) is 0 Å². The van der Waals surface area contributed by atoms with Gasteiger partial charge in [-0.3, -0.25) is 4.79 Å². The lowest BCUT2D eigenvalue weighted by Gasteiger charge is -2.22. The van der Waals surface area contributed by atoms with E-state index in [1.54, 1.807) is 47.6 Å². The van der Waals surface area contributed by atoms with Gasteiger partial charge < -0.3 is 20.0 Å². The van der Waals surface area contributed by atoms with Gasteiger partial charge in [-0.1, -0.05) is 36.4 Å². The summed E-state index contributed by atoms with van der Waals surface area (Å²) in [6, 6.07) is 19.9. The number of carbonyl (C=O) groups is 2. The Bertz CT molecular complexity index is 935. The number of nitrogens with one attached hydrogen (secondary N) is 2. The van der Waals surface area contributed by atoms with Crippen molar-refractivity contribution in [2.45, 2.75) is 13.1 Å². The molecule has 0 bridgehead atoms. The second-order valence-corrected chi connectivity index (χ2v) is 6.43. The number of furan rings is 1. The maximum atomic E-state index is 12.9. The molecule has 3 rings (SSSR count). The van der Waals surface area contributed by atoms with Gasteiger partial charge in [-0.2, -0.15) is 0 Å². The lowest BCUT2D eigenvalue weighted by atomic mass is 10.2. The normalized spacial score (nSPS) is 10.2. The Labute approximate surface area is 169 Å². The van der Waals surface area contributed by atoms with E-state index < -0.39 is 0 Å². The van der Waals surface area contributed by atoms with Crippen molar-refractivity contribution in [1.29, 1.82) is 0 Å². The van der Waals surface area contributed by atoms with Crippen LogP contribution in [0.4, 0.5) is 10.5 Å². The number of amides is 3. The van der Waals surface area contributed by atoms with Crippen molar-refractivity contribution >= 4 is 17.6 Å². The number of benzene rings is 2. The molecule has 0 unspecified atom stereocenters. The number of hydrogen-bond acceptors (Lipinski definition) is 3. The van der Waals surface area contributed by atoms with E-state index in [0.717, 1.165) is 5.56 Å². The van der Waals surface area contributed by atoms with Crippen molar-refractivity contribution in [2.24, 2.45) is 0 Å². The van der Waals surface area contributed by atoms with Crippen molar-refractivity contribution in [3.8, 4) is 0 Å². The van der Waals surface area contributed by atoms with Crippen LogP contribution in [-0.4, -0.2) is 23.4 Å². The Hall–Kier alpha value is -3.80. The van der Waals surface area contributed by atoms with Gasteiger partial charge >= 0.3 is 6.03 Å². The molecule has 0 aliphatic heterocycles. The van der Waals surface area contributed by atoms with E-state index in [2.05, 4.69) is 17.2 Å². The molecule has 0 atom stereocenters. The first kappa shape index (κ1) is 19.9. The second kappa shape index (κ2) is 9.94. The van der Waals surface area contributed by atoms with Gasteiger partial charge in [0.25, 0.3) is 5.91 Å². The Balaban J connectivity index is 1.68. The van der Waals surface area contributed by atoms with E-state index in [-0.39, 0.29) is 11.9 Å². The Morgan fingerprint density at radius 3 is 2.38 bits per heavy atom. The number of carbonyl (C=O) groups excluding carboxylic acids is 2. The summed E-state index contributed by atoms with van der Waals surface area (Å²) in [4.78, 5) is 26.5. The highest BCUT2D eigenvalue weighted by Gasteiger charge is 2.16. The van der Waals surface area contributed by atoms with Crippen LogP contribution < -0.4 is 10.6 Å². The van der Waals surface area contributed by atoms with Crippen LogP contribution >= 0.6 is 0 Å². The first-order valence-electron chi connectivity index (χ1n) is 9.27. The average molecular weight is 389 g/mol. The van der Waals surface area contributed by atoms with Crippen molar-refractivity contribution in [3.63, 3.8) is 0 Å². The lowest BCUT2D eigenvalue weighted by Crippen LogP contribution is -2.34. The fourth-order valence-electron chi connectivity index (χ4n) is 2.77. The van der Waals surface area contributed by atoms with Gasteiger partial charge in [0.1, 0.15) is 5.76 Å². The highest BCUT2D eigenvalue weighted by Crippen LogP contribution is 2.15. The maximum Gasteiger partial charge on any atom is 0.322 e. The zero-order valence-electron chi connectivity index (χ0n) is 16.0. The third-order valence-corrected chi connectivity index (χ3v) is 4.24. The molecule has 0 saturated carbocycles. The SMILES string of the molecule is C=CCNC(=O)c1ccc(NC(=O)N(Cc2ccccc2)Cc2ccco2)cc1. The highest BCUT2D eigenvalue weighted by molar-refractivity contribution is 5.95. The van der Waals surface area contributed by atoms with Crippen LogP contribution in [0.2, 0.25) is 0 Å². The lowest BCUT2D eigenvalue weighted by molar-refractivity contribution is 0.0958. The number of hydrogen-bond donors (Lipinski definition) is 2. The number of nitrogens with zero attached hydrogens (tertiary/aromatic N) is 1. The molecule has 0 aliphatic rings. The fraction of sp³-hybridized carbons (Fsp3) is 0.130. The molecular formula is C23H23N3O3. The molecule has 0 fully saturated rings. The molecule has 0 saturated heterocycles. The highest BCUT2D eigenvalue weighted by atomic mass is 16.3. The van der Waals surface area contributed by atoms with Gasteiger partial charge in [-0.15, -0.1) is 6.58 Å². The summed E-state index contributed by atoms with van der Waals surface area (Å²) in [7, 11) is 0. The predicted molar refractivity (Wildman–Crippen MR) is 112 cm³/mol. The Morgan fingerprint density at radius 1 is 0.966 bits per heavy atom. The number of anilines is 1. The predicted octanol–water partition coefficient (Wildman–Crippen LogP) is 4.43. The van der Waals surface area contributed by atoms with Crippen LogP contribution in [0.5, 0.6) is 0 Å². The minimum absolute atomic E-state index is 0.189. The zero-order chi connectivity index (χ0) is 20.5. The van der Waals surface area contributed by atoms with Crippen LogP contribution in [-0.2, 0) is 13.1 Å². The van der Waals surface area contributed by atoms with Gasteiger partial charge in [0.15, 0.2) is 0 Å². The molecule has 1 heterocycles. The average Bonchev–Trinajstić information content (AvgIpc) is 3.26. The third kappa shape index (κ3) is 5.84. The van der Waals surface area contributed by atoms with Gasteiger partial charge in [-0.25, -0.2) is 4.79 Å². The fourth-order valence-corrected chi connectivity index (χ4v) is 2.77. The van der Waals surface area contributed by atoms with E-state index in [4.69, 9.17) is 4.42 Å². The smallest absolute Gasteiger partial charge is 0.322 e. The van der Waals surface area contributed by atoms with Gasteiger partial charge in [0.2, 0.25) is 0 Å². The van der Waals surface area contributed by atoms with Crippen LogP contribution in [0.1, 0.15) is 21.7 Å². The first-order chi connectivity index (χ1) is 14.2. The quantitative estimate of drug-likeness (QED) is 0.560. The molecule has 0 spiro atoms. The molecule has 2 N–H and O–H groups in total. The Kier molecular flexibility index (Phi) is 6.84. The van der Waals surface area contributed by atoms with Gasteiger partial charge in [0.05, 0.1) is 12.8 Å². The molecule has 0 radical (unpaired) electrons. The van der Waals surface area contributed by atoms with Crippen LogP contribution in [0.15, 0.2) is 90.1 Å². The summed E-state index contributed by atoms with van der Waals surface area (Å²) in [5, 5.41) is 5.60. The third-order valence-electron chi connectivity index (χ3n) is 4.24. The standard InChI is InChI=1S/C23H23N3O3/c1-2-14-24-22(27)19-10-12-20(13-11-19)25-23(28)26(17-21-9-6-15-29-21)16-18-7-4-3-5-8-18/h2-13,15H,1,14,16-17H2,(H,24,27)(H,25,28). The molecule has 148 valence electrons. The topological polar surface area (TPSA) is 74.6 Å².